The Morgan fingerprint density at radius 2 is 1.88 bits per heavy atom. The van der Waals surface area contributed by atoms with E-state index in [1.807, 2.05) is 30.3 Å². The standard InChI is InChI=1S/C19H20N6S/c1-14(2)18-19(26-16-6-4-3-5-7-16)25(17(23-18)12-22-24-20)13-15-8-10-21-11-9-15/h3-11,14H,12-13H2,1-2H3. The smallest absolute Gasteiger partial charge is 0.116 e. The minimum Gasteiger partial charge on any atom is -0.318 e. The van der Waals surface area contributed by atoms with E-state index >= 15 is 0 Å². The predicted octanol–water partition coefficient (Wildman–Crippen LogP) is 5.41. The molecule has 2 heterocycles. The van der Waals surface area contributed by atoms with Gasteiger partial charge in [0.25, 0.3) is 0 Å². The topological polar surface area (TPSA) is 79.5 Å². The molecule has 0 aliphatic rings. The van der Waals surface area contributed by atoms with Gasteiger partial charge in [-0.05, 0) is 41.3 Å². The predicted molar refractivity (Wildman–Crippen MR) is 103 cm³/mol. The van der Waals surface area contributed by atoms with Gasteiger partial charge in [0.1, 0.15) is 10.9 Å². The SMILES string of the molecule is CC(C)c1nc(CN=[N+]=[N-])n(Cc2ccncc2)c1Sc1ccccc1. The van der Waals surface area contributed by atoms with E-state index in [1.165, 1.54) is 0 Å². The highest BCUT2D eigenvalue weighted by Gasteiger charge is 2.20. The molecule has 0 bridgehead atoms. The molecule has 6 nitrogen and oxygen atoms in total. The Labute approximate surface area is 156 Å². The zero-order valence-corrected chi connectivity index (χ0v) is 15.6. The fraction of sp³-hybridized carbons (Fsp3) is 0.263. The van der Waals surface area contributed by atoms with Crippen molar-refractivity contribution in [1.29, 1.82) is 0 Å². The van der Waals surface area contributed by atoms with Gasteiger partial charge < -0.3 is 4.57 Å². The molecule has 0 amide bonds. The average molecular weight is 364 g/mol. The lowest BCUT2D eigenvalue weighted by Gasteiger charge is -2.13. The molecule has 7 heteroatoms. The molecule has 132 valence electrons. The van der Waals surface area contributed by atoms with E-state index in [0.717, 1.165) is 27.0 Å². The van der Waals surface area contributed by atoms with Crippen LogP contribution in [0.4, 0.5) is 0 Å². The summed E-state index contributed by atoms with van der Waals surface area (Å²) in [7, 11) is 0. The first-order valence-electron chi connectivity index (χ1n) is 8.41. The van der Waals surface area contributed by atoms with Gasteiger partial charge in [-0.2, -0.15) is 0 Å². The molecule has 0 atom stereocenters. The third kappa shape index (κ3) is 4.25. The van der Waals surface area contributed by atoms with Crippen LogP contribution in [0.5, 0.6) is 0 Å². The zero-order valence-electron chi connectivity index (χ0n) is 14.8. The van der Waals surface area contributed by atoms with E-state index in [0.29, 0.717) is 6.54 Å². The Balaban J connectivity index is 2.08. The summed E-state index contributed by atoms with van der Waals surface area (Å²) in [6, 6.07) is 14.2. The normalized spacial score (nSPS) is 10.7. The van der Waals surface area contributed by atoms with Crippen molar-refractivity contribution in [1.82, 2.24) is 14.5 Å². The first-order chi connectivity index (χ1) is 12.7. The van der Waals surface area contributed by atoms with Crippen LogP contribution < -0.4 is 0 Å². The highest BCUT2D eigenvalue weighted by Crippen LogP contribution is 2.35. The van der Waals surface area contributed by atoms with Crippen molar-refractivity contribution in [3.05, 3.63) is 82.4 Å². The second-order valence-corrected chi connectivity index (χ2v) is 7.18. The van der Waals surface area contributed by atoms with Gasteiger partial charge in [-0.25, -0.2) is 4.98 Å². The second-order valence-electron chi connectivity index (χ2n) is 6.12. The molecule has 0 N–H and O–H groups in total. The van der Waals surface area contributed by atoms with Gasteiger partial charge in [-0.1, -0.05) is 48.9 Å². The molecule has 3 rings (SSSR count). The summed E-state index contributed by atoms with van der Waals surface area (Å²) in [6.45, 7) is 5.15. The van der Waals surface area contributed by atoms with Gasteiger partial charge in [0, 0.05) is 28.7 Å². The van der Waals surface area contributed by atoms with Crippen LogP contribution in [0.25, 0.3) is 10.4 Å². The molecule has 0 saturated heterocycles. The van der Waals surface area contributed by atoms with Crippen LogP contribution in [-0.2, 0) is 13.1 Å². The van der Waals surface area contributed by atoms with Gasteiger partial charge in [0.2, 0.25) is 0 Å². The molecule has 1 aromatic carbocycles. The van der Waals surface area contributed by atoms with Gasteiger partial charge in [0.15, 0.2) is 0 Å². The van der Waals surface area contributed by atoms with Crippen LogP contribution in [0.1, 0.15) is 36.8 Å². The number of hydrogen-bond acceptors (Lipinski definition) is 4. The Hall–Kier alpha value is -2.76. The fourth-order valence-electron chi connectivity index (χ4n) is 2.64. The highest BCUT2D eigenvalue weighted by atomic mass is 32.2. The number of imidazole rings is 1. The molecular formula is C19H20N6S. The summed E-state index contributed by atoms with van der Waals surface area (Å²) in [5, 5.41) is 4.83. The van der Waals surface area contributed by atoms with Gasteiger partial charge >= 0.3 is 0 Å². The van der Waals surface area contributed by atoms with Crippen molar-refractivity contribution in [2.75, 3.05) is 0 Å². The van der Waals surface area contributed by atoms with Crippen LogP contribution in [0.2, 0.25) is 0 Å². The number of benzene rings is 1. The lowest BCUT2D eigenvalue weighted by Crippen LogP contribution is -2.06. The van der Waals surface area contributed by atoms with Crippen molar-refractivity contribution in [2.24, 2.45) is 5.11 Å². The van der Waals surface area contributed by atoms with Crippen molar-refractivity contribution >= 4 is 11.8 Å². The second kappa shape index (κ2) is 8.56. The third-order valence-electron chi connectivity index (χ3n) is 3.90. The summed E-state index contributed by atoms with van der Waals surface area (Å²) in [5.74, 6) is 1.05. The van der Waals surface area contributed by atoms with E-state index in [2.05, 4.69) is 45.6 Å². The van der Waals surface area contributed by atoms with Gasteiger partial charge in [-0.3, -0.25) is 4.98 Å². The minimum atomic E-state index is 0.233. The average Bonchev–Trinajstić information content (AvgIpc) is 2.99. The van der Waals surface area contributed by atoms with E-state index < -0.39 is 0 Å². The first kappa shape index (κ1) is 18.0. The highest BCUT2D eigenvalue weighted by molar-refractivity contribution is 7.99. The number of hydrogen-bond donors (Lipinski definition) is 0. The summed E-state index contributed by atoms with van der Waals surface area (Å²) < 4.78 is 2.15. The molecule has 26 heavy (non-hydrogen) atoms. The molecule has 2 aromatic heterocycles. The first-order valence-corrected chi connectivity index (χ1v) is 9.22. The maximum absolute atomic E-state index is 8.74. The number of rotatable bonds is 7. The summed E-state index contributed by atoms with van der Waals surface area (Å²) in [6.07, 6.45) is 3.57. The molecule has 0 spiro atoms. The molecule has 0 fully saturated rings. The minimum absolute atomic E-state index is 0.233. The van der Waals surface area contributed by atoms with Gasteiger partial charge in [0.05, 0.1) is 12.2 Å². The Bertz CT molecular complexity index is 899. The molecule has 0 saturated carbocycles. The van der Waals surface area contributed by atoms with E-state index in [9.17, 15) is 0 Å². The third-order valence-corrected chi connectivity index (χ3v) is 5.03. The van der Waals surface area contributed by atoms with Crippen molar-refractivity contribution in [3.8, 4) is 0 Å². The Morgan fingerprint density at radius 3 is 2.54 bits per heavy atom. The van der Waals surface area contributed by atoms with E-state index in [-0.39, 0.29) is 12.5 Å². The molecule has 3 aromatic rings. The number of pyridine rings is 1. The fourth-order valence-corrected chi connectivity index (χ4v) is 3.82. The quantitative estimate of drug-likeness (QED) is 0.319. The summed E-state index contributed by atoms with van der Waals surface area (Å²) in [5.41, 5.74) is 10.9. The zero-order chi connectivity index (χ0) is 18.4. The van der Waals surface area contributed by atoms with Crippen LogP contribution in [-0.4, -0.2) is 14.5 Å². The van der Waals surface area contributed by atoms with Crippen LogP contribution in [0.3, 0.4) is 0 Å². The summed E-state index contributed by atoms with van der Waals surface area (Å²) in [4.78, 5) is 12.9. The molecule has 0 aliphatic carbocycles. The molecule has 0 radical (unpaired) electrons. The van der Waals surface area contributed by atoms with E-state index in [4.69, 9.17) is 10.5 Å². The van der Waals surface area contributed by atoms with Crippen LogP contribution >= 0.6 is 11.8 Å². The van der Waals surface area contributed by atoms with Gasteiger partial charge in [-0.15, -0.1) is 0 Å². The Kier molecular flexibility index (Phi) is 5.94. The van der Waals surface area contributed by atoms with Crippen molar-refractivity contribution < 1.29 is 0 Å². The molecular weight excluding hydrogens is 344 g/mol. The van der Waals surface area contributed by atoms with Crippen LogP contribution in [0, 0.1) is 0 Å². The maximum Gasteiger partial charge on any atom is 0.116 e. The number of aromatic nitrogens is 3. The molecule has 0 unspecified atom stereocenters. The number of azide groups is 1. The van der Waals surface area contributed by atoms with Crippen LogP contribution in [0.15, 0.2) is 69.9 Å². The van der Waals surface area contributed by atoms with Crippen molar-refractivity contribution in [3.63, 3.8) is 0 Å². The lowest BCUT2D eigenvalue weighted by atomic mass is 10.1. The summed E-state index contributed by atoms with van der Waals surface area (Å²) >= 11 is 1.69. The largest absolute Gasteiger partial charge is 0.318 e. The monoisotopic (exact) mass is 364 g/mol. The Morgan fingerprint density at radius 1 is 1.15 bits per heavy atom. The lowest BCUT2D eigenvalue weighted by molar-refractivity contribution is 0.667. The number of nitrogens with zero attached hydrogens (tertiary/aromatic N) is 6. The maximum atomic E-state index is 8.74. The van der Waals surface area contributed by atoms with E-state index in [1.54, 1.807) is 24.2 Å². The molecule has 0 aliphatic heterocycles. The van der Waals surface area contributed by atoms with Crippen molar-refractivity contribution in [2.45, 2.75) is 42.8 Å².